The van der Waals surface area contributed by atoms with Gasteiger partial charge in [0.05, 0.1) is 0 Å². The van der Waals surface area contributed by atoms with E-state index in [1.54, 1.807) is 12.1 Å². The van der Waals surface area contributed by atoms with Crippen LogP contribution in [0.1, 0.15) is 38.3 Å². The lowest BCUT2D eigenvalue weighted by Crippen LogP contribution is -2.25. The summed E-state index contributed by atoms with van der Waals surface area (Å²) in [5, 5.41) is 3.48. The highest BCUT2D eigenvalue weighted by molar-refractivity contribution is 5.23. The second kappa shape index (κ2) is 4.96. The Morgan fingerprint density at radius 2 is 2.12 bits per heavy atom. The fourth-order valence-corrected chi connectivity index (χ4v) is 2.33. The number of hydrogen-bond acceptors (Lipinski definition) is 1. The third kappa shape index (κ3) is 2.43. The van der Waals surface area contributed by atoms with Crippen LogP contribution in [0.2, 0.25) is 0 Å². The molecule has 0 saturated heterocycles. The molecule has 88 valence electrons. The van der Waals surface area contributed by atoms with E-state index in [1.807, 2.05) is 12.1 Å². The Bertz CT molecular complexity index is 350. The SMILES string of the molecule is CCCNC(c1ccccc1F)C1CC1C. The minimum Gasteiger partial charge on any atom is -0.310 e. The van der Waals surface area contributed by atoms with E-state index >= 15 is 0 Å². The van der Waals surface area contributed by atoms with Crippen LogP contribution in [-0.2, 0) is 0 Å². The largest absolute Gasteiger partial charge is 0.310 e. The van der Waals surface area contributed by atoms with Gasteiger partial charge in [-0.1, -0.05) is 32.0 Å². The number of benzene rings is 1. The zero-order valence-electron chi connectivity index (χ0n) is 10.0. The molecule has 0 heterocycles. The van der Waals surface area contributed by atoms with Crippen LogP contribution < -0.4 is 5.32 Å². The third-order valence-corrected chi connectivity index (χ3v) is 3.45. The predicted octanol–water partition coefficient (Wildman–Crippen LogP) is 3.52. The standard InChI is InChI=1S/C14H20FN/c1-3-8-16-14(12-9-10(12)2)11-6-4-5-7-13(11)15/h4-7,10,12,14,16H,3,8-9H2,1-2H3. The molecule has 1 saturated carbocycles. The van der Waals surface area contributed by atoms with Crippen molar-refractivity contribution in [3.63, 3.8) is 0 Å². The zero-order chi connectivity index (χ0) is 11.5. The average Bonchev–Trinajstić information content (AvgIpc) is 2.99. The Hall–Kier alpha value is -0.890. The van der Waals surface area contributed by atoms with E-state index in [4.69, 9.17) is 0 Å². The lowest BCUT2D eigenvalue weighted by atomic mass is 10.0. The molecule has 0 aromatic heterocycles. The molecule has 0 spiro atoms. The van der Waals surface area contributed by atoms with Crippen molar-refractivity contribution >= 4 is 0 Å². The molecule has 0 radical (unpaired) electrons. The molecule has 16 heavy (non-hydrogen) atoms. The van der Waals surface area contributed by atoms with Crippen LogP contribution in [0, 0.1) is 17.7 Å². The predicted molar refractivity (Wildman–Crippen MR) is 64.7 cm³/mol. The van der Waals surface area contributed by atoms with Gasteiger partial charge in [0.25, 0.3) is 0 Å². The first-order chi connectivity index (χ1) is 7.74. The molecule has 1 N–H and O–H groups in total. The first kappa shape index (κ1) is 11.6. The van der Waals surface area contributed by atoms with Crippen LogP contribution in [0.4, 0.5) is 4.39 Å². The molecule has 2 heteroatoms. The van der Waals surface area contributed by atoms with Gasteiger partial charge in [-0.15, -0.1) is 0 Å². The summed E-state index contributed by atoms with van der Waals surface area (Å²) >= 11 is 0. The van der Waals surface area contributed by atoms with Gasteiger partial charge in [-0.05, 0) is 37.3 Å². The lowest BCUT2D eigenvalue weighted by Gasteiger charge is -2.19. The molecule has 1 nitrogen and oxygen atoms in total. The number of hydrogen-bond donors (Lipinski definition) is 1. The fourth-order valence-electron chi connectivity index (χ4n) is 2.33. The van der Waals surface area contributed by atoms with Gasteiger partial charge in [-0.3, -0.25) is 0 Å². The third-order valence-electron chi connectivity index (χ3n) is 3.45. The molecular formula is C14H20FN. The maximum atomic E-state index is 13.7. The van der Waals surface area contributed by atoms with E-state index in [0.29, 0.717) is 5.92 Å². The summed E-state index contributed by atoms with van der Waals surface area (Å²) in [5.41, 5.74) is 0.838. The summed E-state index contributed by atoms with van der Waals surface area (Å²) in [6.45, 7) is 5.34. The Morgan fingerprint density at radius 1 is 1.44 bits per heavy atom. The van der Waals surface area contributed by atoms with Crippen LogP contribution in [-0.4, -0.2) is 6.54 Å². The van der Waals surface area contributed by atoms with E-state index in [2.05, 4.69) is 19.2 Å². The average molecular weight is 221 g/mol. The molecule has 1 aliphatic rings. The van der Waals surface area contributed by atoms with Gasteiger partial charge >= 0.3 is 0 Å². The monoisotopic (exact) mass is 221 g/mol. The molecule has 3 unspecified atom stereocenters. The normalized spacial score (nSPS) is 25.4. The van der Waals surface area contributed by atoms with Crippen LogP contribution in [0.5, 0.6) is 0 Å². The van der Waals surface area contributed by atoms with E-state index in [-0.39, 0.29) is 11.9 Å². The molecule has 3 atom stereocenters. The van der Waals surface area contributed by atoms with Crippen molar-refractivity contribution in [1.82, 2.24) is 5.32 Å². The molecule has 1 fully saturated rings. The summed E-state index contributed by atoms with van der Waals surface area (Å²) in [5.74, 6) is 1.27. The second-order valence-electron chi connectivity index (χ2n) is 4.83. The van der Waals surface area contributed by atoms with Crippen LogP contribution in [0.15, 0.2) is 24.3 Å². The van der Waals surface area contributed by atoms with Gasteiger partial charge in [0.1, 0.15) is 5.82 Å². The van der Waals surface area contributed by atoms with Gasteiger partial charge in [-0.2, -0.15) is 0 Å². The van der Waals surface area contributed by atoms with Crippen molar-refractivity contribution in [1.29, 1.82) is 0 Å². The summed E-state index contributed by atoms with van der Waals surface area (Å²) in [7, 11) is 0. The first-order valence-electron chi connectivity index (χ1n) is 6.21. The number of nitrogens with one attached hydrogen (secondary N) is 1. The maximum Gasteiger partial charge on any atom is 0.127 e. The minimum atomic E-state index is -0.0739. The highest BCUT2D eigenvalue weighted by Gasteiger charge is 2.40. The Labute approximate surface area is 97.1 Å². The Morgan fingerprint density at radius 3 is 2.69 bits per heavy atom. The maximum absolute atomic E-state index is 13.7. The highest BCUT2D eigenvalue weighted by Crippen LogP contribution is 2.47. The Balaban J connectivity index is 2.15. The minimum absolute atomic E-state index is 0.0739. The summed E-state index contributed by atoms with van der Waals surface area (Å²) in [4.78, 5) is 0. The lowest BCUT2D eigenvalue weighted by molar-refractivity contribution is 0.442. The molecule has 0 amide bonds. The summed E-state index contributed by atoms with van der Waals surface area (Å²) in [6, 6.07) is 7.35. The topological polar surface area (TPSA) is 12.0 Å². The number of halogens is 1. The smallest absolute Gasteiger partial charge is 0.127 e. The van der Waals surface area contributed by atoms with Crippen molar-refractivity contribution in [3.05, 3.63) is 35.6 Å². The van der Waals surface area contributed by atoms with E-state index in [1.165, 1.54) is 6.42 Å². The highest BCUT2D eigenvalue weighted by atomic mass is 19.1. The quantitative estimate of drug-likeness (QED) is 0.802. The second-order valence-corrected chi connectivity index (χ2v) is 4.83. The molecular weight excluding hydrogens is 201 g/mol. The van der Waals surface area contributed by atoms with Crippen molar-refractivity contribution in [2.24, 2.45) is 11.8 Å². The summed E-state index contributed by atoms with van der Waals surface area (Å²) < 4.78 is 13.7. The molecule has 0 aliphatic heterocycles. The summed E-state index contributed by atoms with van der Waals surface area (Å²) in [6.07, 6.45) is 2.31. The molecule has 1 aromatic rings. The van der Waals surface area contributed by atoms with Gasteiger partial charge in [0.15, 0.2) is 0 Å². The van der Waals surface area contributed by atoms with Gasteiger partial charge in [-0.25, -0.2) is 4.39 Å². The van der Waals surface area contributed by atoms with Crippen LogP contribution in [0.3, 0.4) is 0 Å². The van der Waals surface area contributed by atoms with Crippen LogP contribution in [0.25, 0.3) is 0 Å². The molecule has 1 aromatic carbocycles. The molecule has 2 rings (SSSR count). The Kier molecular flexibility index (Phi) is 3.59. The van der Waals surface area contributed by atoms with Crippen molar-refractivity contribution in [2.45, 2.75) is 32.7 Å². The molecule has 1 aliphatic carbocycles. The zero-order valence-corrected chi connectivity index (χ0v) is 10.0. The van der Waals surface area contributed by atoms with Crippen molar-refractivity contribution < 1.29 is 4.39 Å². The van der Waals surface area contributed by atoms with Gasteiger partial charge in [0.2, 0.25) is 0 Å². The van der Waals surface area contributed by atoms with Crippen LogP contribution >= 0.6 is 0 Å². The fraction of sp³-hybridized carbons (Fsp3) is 0.571. The van der Waals surface area contributed by atoms with Crippen molar-refractivity contribution in [3.8, 4) is 0 Å². The molecule has 0 bridgehead atoms. The van der Waals surface area contributed by atoms with E-state index < -0.39 is 0 Å². The van der Waals surface area contributed by atoms with Crippen molar-refractivity contribution in [2.75, 3.05) is 6.54 Å². The van der Waals surface area contributed by atoms with Gasteiger partial charge in [0, 0.05) is 11.6 Å². The van der Waals surface area contributed by atoms with E-state index in [9.17, 15) is 4.39 Å². The first-order valence-corrected chi connectivity index (χ1v) is 6.21. The van der Waals surface area contributed by atoms with E-state index in [0.717, 1.165) is 24.4 Å². The number of rotatable bonds is 5. The van der Waals surface area contributed by atoms with Gasteiger partial charge < -0.3 is 5.32 Å².